The maximum Gasteiger partial charge on any atom is 0.252 e. The van der Waals surface area contributed by atoms with Gasteiger partial charge in [-0.25, -0.2) is 0 Å². The van der Waals surface area contributed by atoms with Crippen LogP contribution in [-0.4, -0.2) is 30.0 Å². The number of nitrogens with two attached hydrogens (primary N) is 1. The molecule has 1 aliphatic rings. The molecule has 2 heterocycles. The molecule has 1 aromatic heterocycles. The van der Waals surface area contributed by atoms with Gasteiger partial charge in [0, 0.05) is 17.0 Å². The molecule has 3 rings (SSSR count). The van der Waals surface area contributed by atoms with Gasteiger partial charge in [-0.2, -0.15) is 0 Å². The third kappa shape index (κ3) is 5.51. The molecule has 0 saturated heterocycles. The number of primary amides is 1. The van der Waals surface area contributed by atoms with Crippen LogP contribution in [0.2, 0.25) is 0 Å². The maximum absolute atomic E-state index is 12.2. The zero-order valence-electron chi connectivity index (χ0n) is 15.9. The molecule has 1 aliphatic heterocycles. The van der Waals surface area contributed by atoms with E-state index in [4.69, 9.17) is 18.0 Å². The largest absolute Gasteiger partial charge is 0.365 e. The van der Waals surface area contributed by atoms with Crippen LogP contribution in [-0.2, 0) is 17.8 Å². The number of likely N-dealkylation sites (N-methyl/N-ethyl adjacent to an activating group) is 1. The van der Waals surface area contributed by atoms with E-state index in [1.54, 1.807) is 6.08 Å². The van der Waals surface area contributed by atoms with Crippen LogP contribution in [0.5, 0.6) is 0 Å². The second-order valence-electron chi connectivity index (χ2n) is 6.68. The number of rotatable bonds is 5. The maximum atomic E-state index is 12.2. The number of hydrogen-bond acceptors (Lipinski definition) is 4. The molecule has 5 N–H and O–H groups in total. The molecule has 29 heavy (non-hydrogen) atoms. The number of thiocarbonyl (C=S) groups is 1. The fraction of sp³-hybridized carbons (Fsp3) is 0.250. The van der Waals surface area contributed by atoms with Gasteiger partial charge in [-0.05, 0) is 48.5 Å². The summed E-state index contributed by atoms with van der Waals surface area (Å²) in [6.07, 6.45) is 3.92. The number of fused-ring (bicyclic) bond motifs is 1. The second-order valence-corrected chi connectivity index (χ2v) is 9.11. The second kappa shape index (κ2) is 9.62. The van der Waals surface area contributed by atoms with Gasteiger partial charge in [0.25, 0.3) is 5.91 Å². The number of nitrogens with one attached hydrogen (secondary N) is 3. The number of thiophene rings is 1. The van der Waals surface area contributed by atoms with E-state index in [-0.39, 0.29) is 11.0 Å². The summed E-state index contributed by atoms with van der Waals surface area (Å²) in [5, 5.41) is 6.33. The summed E-state index contributed by atoms with van der Waals surface area (Å²) in [6.45, 7) is 5.02. The standard InChI is InChI=1S/C20H21BrN4O2S2/c1-2-25-10-9-14-15(11-25)29-19(17(14)18(22)27)24-20(28)23-16(26)8-5-12-3-6-13(21)7-4-12/h3-8H,2,9-11H2,1H3,(H2,22,27)(H2,23,24,26,28)/p+1/b8-5+. The van der Waals surface area contributed by atoms with Gasteiger partial charge in [0.05, 0.1) is 23.5 Å². The van der Waals surface area contributed by atoms with Crippen molar-refractivity contribution >= 4 is 67.5 Å². The van der Waals surface area contributed by atoms with E-state index >= 15 is 0 Å². The summed E-state index contributed by atoms with van der Waals surface area (Å²) >= 11 is 10.1. The number of benzene rings is 1. The van der Waals surface area contributed by atoms with Crippen molar-refractivity contribution in [3.05, 3.63) is 56.4 Å². The minimum atomic E-state index is -0.478. The summed E-state index contributed by atoms with van der Waals surface area (Å²) in [4.78, 5) is 26.8. The monoisotopic (exact) mass is 493 g/mol. The Kier molecular flexibility index (Phi) is 7.18. The van der Waals surface area contributed by atoms with E-state index in [2.05, 4.69) is 33.5 Å². The van der Waals surface area contributed by atoms with Crippen LogP contribution in [0.4, 0.5) is 5.00 Å². The van der Waals surface area contributed by atoms with Crippen molar-refractivity contribution in [2.45, 2.75) is 19.9 Å². The molecule has 1 unspecified atom stereocenters. The topological polar surface area (TPSA) is 88.7 Å². The molecule has 9 heteroatoms. The van der Waals surface area contributed by atoms with Gasteiger partial charge in [-0.3, -0.25) is 14.9 Å². The molecule has 0 aliphatic carbocycles. The van der Waals surface area contributed by atoms with Crippen LogP contribution in [0.1, 0.15) is 33.3 Å². The van der Waals surface area contributed by atoms with Gasteiger partial charge in [-0.1, -0.05) is 28.1 Å². The van der Waals surface area contributed by atoms with Gasteiger partial charge in [-0.15, -0.1) is 11.3 Å². The fourth-order valence-electron chi connectivity index (χ4n) is 3.22. The van der Waals surface area contributed by atoms with Gasteiger partial charge in [0.15, 0.2) is 5.11 Å². The molecule has 2 aromatic rings. The lowest BCUT2D eigenvalue weighted by molar-refractivity contribution is -0.913. The Bertz CT molecular complexity index is 970. The number of amides is 2. The van der Waals surface area contributed by atoms with E-state index in [9.17, 15) is 9.59 Å². The average molecular weight is 494 g/mol. The van der Waals surface area contributed by atoms with Crippen molar-refractivity contribution in [1.29, 1.82) is 0 Å². The Morgan fingerprint density at radius 1 is 1.34 bits per heavy atom. The molecular weight excluding hydrogens is 472 g/mol. The van der Waals surface area contributed by atoms with E-state index in [0.717, 1.165) is 46.5 Å². The van der Waals surface area contributed by atoms with Crippen LogP contribution in [0.3, 0.4) is 0 Å². The zero-order chi connectivity index (χ0) is 21.0. The molecular formula is C20H22BrN4O2S2+. The zero-order valence-corrected chi connectivity index (χ0v) is 19.1. The highest BCUT2D eigenvalue weighted by Gasteiger charge is 2.28. The molecule has 0 saturated carbocycles. The van der Waals surface area contributed by atoms with Crippen LogP contribution < -0.4 is 21.3 Å². The van der Waals surface area contributed by atoms with Gasteiger partial charge in [0.1, 0.15) is 11.5 Å². The predicted octanol–water partition coefficient (Wildman–Crippen LogP) is 2.10. The SMILES string of the molecule is CC[NH+]1CCc2c(sc(NC(=S)NC(=O)/C=C/c3ccc(Br)cc3)c2C(N)=O)C1. The van der Waals surface area contributed by atoms with Crippen LogP contribution in [0.25, 0.3) is 6.08 Å². The first-order valence-electron chi connectivity index (χ1n) is 9.21. The Hall–Kier alpha value is -2.07. The number of carbonyl (C=O) groups excluding carboxylic acids is 2. The Labute approximate surface area is 187 Å². The average Bonchev–Trinajstić information content (AvgIpc) is 3.04. The highest BCUT2D eigenvalue weighted by Crippen LogP contribution is 2.34. The summed E-state index contributed by atoms with van der Waals surface area (Å²) in [7, 11) is 0. The third-order valence-corrected chi connectivity index (χ3v) is 6.62. The van der Waals surface area contributed by atoms with Gasteiger partial charge < -0.3 is 16.0 Å². The third-order valence-electron chi connectivity index (χ3n) is 4.74. The van der Waals surface area contributed by atoms with Crippen molar-refractivity contribution in [2.75, 3.05) is 18.4 Å². The molecule has 0 spiro atoms. The molecule has 2 amide bonds. The lowest BCUT2D eigenvalue weighted by Crippen LogP contribution is -3.11. The van der Waals surface area contributed by atoms with Crippen LogP contribution >= 0.6 is 39.5 Å². The lowest BCUT2D eigenvalue weighted by atomic mass is 10.0. The first-order valence-corrected chi connectivity index (χ1v) is 11.2. The summed E-state index contributed by atoms with van der Waals surface area (Å²) in [6, 6.07) is 7.58. The van der Waals surface area contributed by atoms with Gasteiger partial charge in [0.2, 0.25) is 5.91 Å². The molecule has 1 atom stereocenters. The first-order chi connectivity index (χ1) is 13.9. The van der Waals surface area contributed by atoms with Crippen LogP contribution in [0.15, 0.2) is 34.8 Å². The smallest absolute Gasteiger partial charge is 0.252 e. The minimum Gasteiger partial charge on any atom is -0.365 e. The number of carbonyl (C=O) groups is 2. The van der Waals surface area contributed by atoms with Crippen molar-refractivity contribution in [2.24, 2.45) is 5.73 Å². The van der Waals surface area contributed by atoms with Crippen molar-refractivity contribution in [3.63, 3.8) is 0 Å². The van der Waals surface area contributed by atoms with Crippen molar-refractivity contribution < 1.29 is 14.5 Å². The Morgan fingerprint density at radius 2 is 2.07 bits per heavy atom. The molecule has 0 radical (unpaired) electrons. The summed E-state index contributed by atoms with van der Waals surface area (Å²) < 4.78 is 0.969. The number of halogens is 1. The highest BCUT2D eigenvalue weighted by molar-refractivity contribution is 9.10. The van der Waals surface area contributed by atoms with Crippen molar-refractivity contribution in [1.82, 2.24) is 5.32 Å². The number of quaternary nitrogens is 1. The highest BCUT2D eigenvalue weighted by atomic mass is 79.9. The van der Waals surface area contributed by atoms with E-state index < -0.39 is 5.91 Å². The first kappa shape index (κ1) is 21.6. The van der Waals surface area contributed by atoms with Crippen molar-refractivity contribution in [3.8, 4) is 0 Å². The van der Waals surface area contributed by atoms with Gasteiger partial charge >= 0.3 is 0 Å². The summed E-state index contributed by atoms with van der Waals surface area (Å²) in [5.74, 6) is -0.830. The molecule has 6 nitrogen and oxygen atoms in total. The normalized spacial score (nSPS) is 15.7. The fourth-order valence-corrected chi connectivity index (χ4v) is 5.08. The molecule has 0 fully saturated rings. The number of hydrogen-bond donors (Lipinski definition) is 4. The lowest BCUT2D eigenvalue weighted by Gasteiger charge is -2.22. The summed E-state index contributed by atoms with van der Waals surface area (Å²) in [5.41, 5.74) is 8.02. The molecule has 1 aromatic carbocycles. The Morgan fingerprint density at radius 3 is 2.72 bits per heavy atom. The molecule has 0 bridgehead atoms. The predicted molar refractivity (Wildman–Crippen MR) is 124 cm³/mol. The number of anilines is 1. The Balaban J connectivity index is 1.67. The van der Waals surface area contributed by atoms with E-state index in [1.165, 1.54) is 22.3 Å². The molecule has 152 valence electrons. The van der Waals surface area contributed by atoms with E-state index in [1.807, 2.05) is 24.3 Å². The quantitative estimate of drug-likeness (QED) is 0.379. The van der Waals surface area contributed by atoms with Crippen LogP contribution in [0, 0.1) is 0 Å². The minimum absolute atomic E-state index is 0.135. The van der Waals surface area contributed by atoms with E-state index in [0.29, 0.717) is 10.6 Å².